The van der Waals surface area contributed by atoms with Crippen LogP contribution in [0.15, 0.2) is 24.3 Å². The molecule has 1 N–H and O–H groups in total. The van der Waals surface area contributed by atoms with Gasteiger partial charge in [-0.3, -0.25) is 4.79 Å². The second-order valence-electron chi connectivity index (χ2n) is 3.88. The molecule has 1 aliphatic rings. The standard InChI is InChI=1S/C12H12O3/c13-11(8-5-6-8)7-9-3-1-2-4-10(9)12(14)15/h1-4,8H,5-7H2,(H,14,15). The first-order valence-corrected chi connectivity index (χ1v) is 5.02. The van der Waals surface area contributed by atoms with E-state index in [1.165, 1.54) is 6.07 Å². The van der Waals surface area contributed by atoms with Crippen molar-refractivity contribution in [2.24, 2.45) is 5.92 Å². The van der Waals surface area contributed by atoms with E-state index in [0.717, 1.165) is 12.8 Å². The smallest absolute Gasteiger partial charge is 0.335 e. The highest BCUT2D eigenvalue weighted by Crippen LogP contribution is 2.31. The lowest BCUT2D eigenvalue weighted by molar-refractivity contribution is -0.119. The quantitative estimate of drug-likeness (QED) is 0.815. The number of rotatable bonds is 4. The van der Waals surface area contributed by atoms with Gasteiger partial charge in [0.15, 0.2) is 0 Å². The van der Waals surface area contributed by atoms with Gasteiger partial charge >= 0.3 is 5.97 Å². The summed E-state index contributed by atoms with van der Waals surface area (Å²) in [6, 6.07) is 6.69. The Morgan fingerprint density at radius 2 is 1.93 bits per heavy atom. The van der Waals surface area contributed by atoms with Crippen LogP contribution in [0.2, 0.25) is 0 Å². The van der Waals surface area contributed by atoms with Gasteiger partial charge in [-0.05, 0) is 24.5 Å². The van der Waals surface area contributed by atoms with Crippen LogP contribution in [0.1, 0.15) is 28.8 Å². The first-order valence-electron chi connectivity index (χ1n) is 5.02. The number of hydrogen-bond acceptors (Lipinski definition) is 2. The summed E-state index contributed by atoms with van der Waals surface area (Å²) in [6.07, 6.45) is 2.19. The summed E-state index contributed by atoms with van der Waals surface area (Å²) in [5, 5.41) is 8.92. The third-order valence-electron chi connectivity index (χ3n) is 2.65. The summed E-state index contributed by atoms with van der Waals surface area (Å²) in [5.74, 6) is -0.607. The van der Waals surface area contributed by atoms with E-state index in [4.69, 9.17) is 5.11 Å². The summed E-state index contributed by atoms with van der Waals surface area (Å²) in [7, 11) is 0. The van der Waals surface area contributed by atoms with E-state index in [1.54, 1.807) is 18.2 Å². The molecule has 1 aromatic rings. The van der Waals surface area contributed by atoms with E-state index in [0.29, 0.717) is 5.56 Å². The first kappa shape index (κ1) is 9.90. The number of carboxylic acid groups (broad SMARTS) is 1. The second kappa shape index (κ2) is 3.85. The number of aromatic carboxylic acids is 1. The number of carbonyl (C=O) groups excluding carboxylic acids is 1. The fourth-order valence-electron chi connectivity index (χ4n) is 1.62. The Kier molecular flexibility index (Phi) is 2.54. The van der Waals surface area contributed by atoms with Crippen LogP contribution in [-0.4, -0.2) is 16.9 Å². The van der Waals surface area contributed by atoms with Crippen molar-refractivity contribution in [1.82, 2.24) is 0 Å². The van der Waals surface area contributed by atoms with Crippen LogP contribution in [0.3, 0.4) is 0 Å². The average Bonchev–Trinajstić information content (AvgIpc) is 3.01. The van der Waals surface area contributed by atoms with E-state index >= 15 is 0 Å². The predicted molar refractivity (Wildman–Crippen MR) is 54.8 cm³/mol. The lowest BCUT2D eigenvalue weighted by Gasteiger charge is -2.03. The SMILES string of the molecule is O=C(O)c1ccccc1CC(=O)C1CC1. The van der Waals surface area contributed by atoms with Gasteiger partial charge in [0, 0.05) is 12.3 Å². The molecule has 0 atom stereocenters. The van der Waals surface area contributed by atoms with Gasteiger partial charge < -0.3 is 5.11 Å². The molecule has 0 heterocycles. The Bertz CT molecular complexity index is 405. The third-order valence-corrected chi connectivity index (χ3v) is 2.65. The van der Waals surface area contributed by atoms with Gasteiger partial charge in [-0.15, -0.1) is 0 Å². The molecule has 1 saturated carbocycles. The minimum absolute atomic E-state index is 0.170. The molecule has 0 unspecified atom stereocenters. The fraction of sp³-hybridized carbons (Fsp3) is 0.333. The molecule has 0 saturated heterocycles. The highest BCUT2D eigenvalue weighted by molar-refractivity contribution is 5.93. The Hall–Kier alpha value is -1.64. The molecule has 0 aromatic heterocycles. The van der Waals surface area contributed by atoms with Gasteiger partial charge in [0.25, 0.3) is 0 Å². The molecule has 1 aromatic carbocycles. The van der Waals surface area contributed by atoms with Crippen LogP contribution in [-0.2, 0) is 11.2 Å². The molecule has 3 heteroatoms. The average molecular weight is 204 g/mol. The number of benzene rings is 1. The van der Waals surface area contributed by atoms with Crippen molar-refractivity contribution in [2.75, 3.05) is 0 Å². The maximum Gasteiger partial charge on any atom is 0.335 e. The minimum Gasteiger partial charge on any atom is -0.478 e. The number of carboxylic acids is 1. The second-order valence-corrected chi connectivity index (χ2v) is 3.88. The van der Waals surface area contributed by atoms with Crippen LogP contribution in [0.5, 0.6) is 0 Å². The highest BCUT2D eigenvalue weighted by atomic mass is 16.4. The highest BCUT2D eigenvalue weighted by Gasteiger charge is 2.29. The van der Waals surface area contributed by atoms with Crippen LogP contribution in [0.25, 0.3) is 0 Å². The Morgan fingerprint density at radius 1 is 1.27 bits per heavy atom. The zero-order valence-corrected chi connectivity index (χ0v) is 8.27. The molecule has 15 heavy (non-hydrogen) atoms. The molecule has 1 aliphatic carbocycles. The maximum absolute atomic E-state index is 11.6. The molecular formula is C12H12O3. The Balaban J connectivity index is 2.19. The Labute approximate surface area is 87.7 Å². The molecule has 0 spiro atoms. The number of carbonyl (C=O) groups is 2. The van der Waals surface area contributed by atoms with Crippen molar-refractivity contribution in [3.05, 3.63) is 35.4 Å². The summed E-state index contributed by atoms with van der Waals surface area (Å²) in [4.78, 5) is 22.4. The number of hydrogen-bond donors (Lipinski definition) is 1. The van der Waals surface area contributed by atoms with E-state index in [9.17, 15) is 9.59 Å². The number of ketones is 1. The van der Waals surface area contributed by atoms with Gasteiger partial charge in [0.2, 0.25) is 0 Å². The van der Waals surface area contributed by atoms with E-state index in [-0.39, 0.29) is 23.7 Å². The first-order chi connectivity index (χ1) is 7.18. The molecule has 0 amide bonds. The third kappa shape index (κ3) is 2.24. The summed E-state index contributed by atoms with van der Waals surface area (Å²) >= 11 is 0. The van der Waals surface area contributed by atoms with Crippen molar-refractivity contribution in [1.29, 1.82) is 0 Å². The van der Waals surface area contributed by atoms with Gasteiger partial charge in [-0.1, -0.05) is 18.2 Å². The zero-order valence-electron chi connectivity index (χ0n) is 8.27. The molecule has 78 valence electrons. The van der Waals surface area contributed by atoms with Crippen LogP contribution in [0.4, 0.5) is 0 Å². The van der Waals surface area contributed by atoms with Crippen molar-refractivity contribution >= 4 is 11.8 Å². The van der Waals surface area contributed by atoms with E-state index in [2.05, 4.69) is 0 Å². The topological polar surface area (TPSA) is 54.4 Å². The summed E-state index contributed by atoms with van der Waals surface area (Å²) < 4.78 is 0. The monoisotopic (exact) mass is 204 g/mol. The van der Waals surface area contributed by atoms with Crippen LogP contribution >= 0.6 is 0 Å². The van der Waals surface area contributed by atoms with Gasteiger partial charge in [-0.2, -0.15) is 0 Å². The van der Waals surface area contributed by atoms with Crippen molar-refractivity contribution in [3.8, 4) is 0 Å². The molecular weight excluding hydrogens is 192 g/mol. The molecule has 0 radical (unpaired) electrons. The zero-order chi connectivity index (χ0) is 10.8. The van der Waals surface area contributed by atoms with Crippen molar-refractivity contribution in [3.63, 3.8) is 0 Å². The predicted octanol–water partition coefficient (Wildman–Crippen LogP) is 1.91. The van der Waals surface area contributed by atoms with Gasteiger partial charge in [0.1, 0.15) is 5.78 Å². The normalized spacial score (nSPS) is 14.9. The van der Waals surface area contributed by atoms with Crippen LogP contribution < -0.4 is 0 Å². The molecule has 1 fully saturated rings. The van der Waals surface area contributed by atoms with Gasteiger partial charge in [0.05, 0.1) is 5.56 Å². The molecule has 3 nitrogen and oxygen atoms in total. The minimum atomic E-state index is -0.964. The number of Topliss-reactive ketones (excluding diaryl/α,β-unsaturated/α-hetero) is 1. The molecule has 2 rings (SSSR count). The van der Waals surface area contributed by atoms with Crippen molar-refractivity contribution in [2.45, 2.75) is 19.3 Å². The van der Waals surface area contributed by atoms with E-state index < -0.39 is 5.97 Å². The van der Waals surface area contributed by atoms with Gasteiger partial charge in [-0.25, -0.2) is 4.79 Å². The molecule has 0 bridgehead atoms. The van der Waals surface area contributed by atoms with E-state index in [1.807, 2.05) is 0 Å². The Morgan fingerprint density at radius 3 is 2.53 bits per heavy atom. The summed E-state index contributed by atoms with van der Waals surface area (Å²) in [6.45, 7) is 0. The largest absolute Gasteiger partial charge is 0.478 e. The lowest BCUT2D eigenvalue weighted by atomic mass is 10.0. The molecule has 0 aliphatic heterocycles. The fourth-order valence-corrected chi connectivity index (χ4v) is 1.62. The van der Waals surface area contributed by atoms with Crippen LogP contribution in [0, 0.1) is 5.92 Å². The maximum atomic E-state index is 11.6. The van der Waals surface area contributed by atoms with Crippen molar-refractivity contribution < 1.29 is 14.7 Å². The lowest BCUT2D eigenvalue weighted by Crippen LogP contribution is -2.09. The summed E-state index contributed by atoms with van der Waals surface area (Å²) in [5.41, 5.74) is 0.869.